The van der Waals surface area contributed by atoms with Gasteiger partial charge in [-0.2, -0.15) is 0 Å². The van der Waals surface area contributed by atoms with E-state index in [1.165, 1.54) is 44.2 Å². The molecule has 0 spiro atoms. The van der Waals surface area contributed by atoms with Crippen molar-refractivity contribution < 1.29 is 4.39 Å². The normalized spacial score (nSPS) is 12.7. The third-order valence-electron chi connectivity index (χ3n) is 3.23. The smallest absolute Gasteiger partial charge is 0.123 e. The molecule has 0 aromatic heterocycles. The molecule has 0 aliphatic carbocycles. The van der Waals surface area contributed by atoms with Crippen LogP contribution in [-0.2, 0) is 0 Å². The molecule has 102 valence electrons. The van der Waals surface area contributed by atoms with Gasteiger partial charge < -0.3 is 5.73 Å². The molecule has 1 rings (SSSR count). The van der Waals surface area contributed by atoms with Crippen LogP contribution < -0.4 is 5.73 Å². The summed E-state index contributed by atoms with van der Waals surface area (Å²) in [5, 5.41) is 0.565. The van der Waals surface area contributed by atoms with Crippen molar-refractivity contribution in [2.75, 3.05) is 0 Å². The van der Waals surface area contributed by atoms with Crippen LogP contribution in [-0.4, -0.2) is 0 Å². The zero-order chi connectivity index (χ0) is 13.4. The van der Waals surface area contributed by atoms with E-state index in [0.717, 1.165) is 18.4 Å². The predicted molar refractivity (Wildman–Crippen MR) is 76.3 cm³/mol. The molecule has 0 saturated heterocycles. The van der Waals surface area contributed by atoms with Crippen molar-refractivity contribution in [3.05, 3.63) is 34.6 Å². The van der Waals surface area contributed by atoms with Crippen LogP contribution in [0, 0.1) is 5.82 Å². The topological polar surface area (TPSA) is 26.0 Å². The molecule has 1 nitrogen and oxygen atoms in total. The van der Waals surface area contributed by atoms with E-state index in [1.807, 2.05) is 0 Å². The van der Waals surface area contributed by atoms with Crippen LogP contribution in [0.1, 0.15) is 63.5 Å². The maximum absolute atomic E-state index is 13.1. The number of benzene rings is 1. The maximum atomic E-state index is 13.1. The lowest BCUT2D eigenvalue weighted by molar-refractivity contribution is 0.544. The molecule has 0 aliphatic rings. The summed E-state index contributed by atoms with van der Waals surface area (Å²) in [5.74, 6) is -0.271. The summed E-state index contributed by atoms with van der Waals surface area (Å²) in [6, 6.07) is 4.24. The molecule has 1 atom stereocenters. The van der Waals surface area contributed by atoms with E-state index in [1.54, 1.807) is 6.07 Å². The van der Waals surface area contributed by atoms with Gasteiger partial charge in [0.05, 0.1) is 0 Å². The first-order valence-electron chi connectivity index (χ1n) is 6.85. The Morgan fingerprint density at radius 3 is 2.56 bits per heavy atom. The van der Waals surface area contributed by atoms with Gasteiger partial charge in [-0.3, -0.25) is 0 Å². The first-order valence-corrected chi connectivity index (χ1v) is 7.23. The van der Waals surface area contributed by atoms with Gasteiger partial charge in [-0.1, -0.05) is 57.0 Å². The molecule has 0 amide bonds. The van der Waals surface area contributed by atoms with Crippen molar-refractivity contribution in [2.24, 2.45) is 5.73 Å². The fraction of sp³-hybridized carbons (Fsp3) is 0.600. The molecule has 0 aliphatic heterocycles. The largest absolute Gasteiger partial charge is 0.324 e. The maximum Gasteiger partial charge on any atom is 0.123 e. The number of hydrogen-bond acceptors (Lipinski definition) is 1. The molecule has 1 aromatic carbocycles. The van der Waals surface area contributed by atoms with E-state index in [0.29, 0.717) is 5.02 Å². The van der Waals surface area contributed by atoms with E-state index in [4.69, 9.17) is 17.3 Å². The van der Waals surface area contributed by atoms with Gasteiger partial charge in [-0.15, -0.1) is 0 Å². The van der Waals surface area contributed by atoms with Crippen LogP contribution in [0.15, 0.2) is 18.2 Å². The van der Waals surface area contributed by atoms with Crippen molar-refractivity contribution in [1.82, 2.24) is 0 Å². The summed E-state index contributed by atoms with van der Waals surface area (Å²) in [6.07, 6.45) is 8.28. The molecular weight excluding hydrogens is 249 g/mol. The second kappa shape index (κ2) is 8.49. The van der Waals surface area contributed by atoms with Crippen LogP contribution in [0.2, 0.25) is 5.02 Å². The summed E-state index contributed by atoms with van der Waals surface area (Å²) in [4.78, 5) is 0. The SMILES string of the molecule is CCCCCCCCC(N)c1cc(F)ccc1Cl. The Bertz CT molecular complexity index is 354. The van der Waals surface area contributed by atoms with Gasteiger partial charge >= 0.3 is 0 Å². The molecule has 3 heteroatoms. The Kier molecular flexibility index (Phi) is 7.29. The summed E-state index contributed by atoms with van der Waals surface area (Å²) < 4.78 is 13.1. The molecule has 0 heterocycles. The minimum absolute atomic E-state index is 0.153. The van der Waals surface area contributed by atoms with E-state index >= 15 is 0 Å². The van der Waals surface area contributed by atoms with Gasteiger partial charge in [0.1, 0.15) is 5.82 Å². The summed E-state index contributed by atoms with van der Waals surface area (Å²) in [5.41, 5.74) is 6.78. The van der Waals surface area contributed by atoms with E-state index in [9.17, 15) is 4.39 Å². The Labute approximate surface area is 115 Å². The van der Waals surface area contributed by atoms with E-state index in [-0.39, 0.29) is 11.9 Å². The van der Waals surface area contributed by atoms with Crippen LogP contribution in [0.4, 0.5) is 4.39 Å². The van der Waals surface area contributed by atoms with Gasteiger partial charge in [-0.05, 0) is 30.2 Å². The van der Waals surface area contributed by atoms with Gasteiger partial charge in [0.2, 0.25) is 0 Å². The molecule has 0 bridgehead atoms. The third kappa shape index (κ3) is 5.36. The number of halogens is 2. The molecular formula is C15H23ClFN. The van der Waals surface area contributed by atoms with Crippen molar-refractivity contribution in [2.45, 2.75) is 57.9 Å². The fourth-order valence-corrected chi connectivity index (χ4v) is 2.36. The van der Waals surface area contributed by atoms with Crippen LogP contribution in [0.25, 0.3) is 0 Å². The summed E-state index contributed by atoms with van der Waals surface area (Å²) in [6.45, 7) is 2.21. The average molecular weight is 272 g/mol. The Morgan fingerprint density at radius 1 is 1.17 bits per heavy atom. The second-order valence-electron chi connectivity index (χ2n) is 4.83. The van der Waals surface area contributed by atoms with Gasteiger partial charge in [-0.25, -0.2) is 4.39 Å². The molecule has 0 saturated carbocycles. The molecule has 1 unspecified atom stereocenters. The fourth-order valence-electron chi connectivity index (χ4n) is 2.10. The molecule has 1 aromatic rings. The highest BCUT2D eigenvalue weighted by molar-refractivity contribution is 6.31. The molecule has 2 N–H and O–H groups in total. The number of rotatable bonds is 8. The summed E-state index contributed by atoms with van der Waals surface area (Å²) in [7, 11) is 0. The lowest BCUT2D eigenvalue weighted by Crippen LogP contribution is -2.11. The predicted octanol–water partition coefficient (Wildman–Crippen LogP) is 5.23. The lowest BCUT2D eigenvalue weighted by Gasteiger charge is -2.13. The first-order chi connectivity index (χ1) is 8.65. The minimum Gasteiger partial charge on any atom is -0.324 e. The number of unbranched alkanes of at least 4 members (excludes halogenated alkanes) is 5. The Hall–Kier alpha value is -0.600. The third-order valence-corrected chi connectivity index (χ3v) is 3.57. The highest BCUT2D eigenvalue weighted by Gasteiger charge is 2.10. The summed E-state index contributed by atoms with van der Waals surface area (Å²) >= 11 is 6.03. The van der Waals surface area contributed by atoms with Crippen molar-refractivity contribution in [3.63, 3.8) is 0 Å². The van der Waals surface area contributed by atoms with Crippen LogP contribution in [0.3, 0.4) is 0 Å². The monoisotopic (exact) mass is 271 g/mol. The quantitative estimate of drug-likeness (QED) is 0.644. The number of nitrogens with two attached hydrogens (primary N) is 1. The zero-order valence-corrected chi connectivity index (χ0v) is 11.8. The highest BCUT2D eigenvalue weighted by Crippen LogP contribution is 2.26. The Morgan fingerprint density at radius 2 is 1.83 bits per heavy atom. The standard InChI is InChI=1S/C15H23ClFN/c1-2-3-4-5-6-7-8-15(18)13-11-12(17)9-10-14(13)16/h9-11,15H,2-8,18H2,1H3. The minimum atomic E-state index is -0.271. The zero-order valence-electron chi connectivity index (χ0n) is 11.1. The van der Waals surface area contributed by atoms with E-state index in [2.05, 4.69) is 6.92 Å². The Balaban J connectivity index is 2.31. The molecule has 0 fully saturated rings. The lowest BCUT2D eigenvalue weighted by atomic mass is 10.0. The van der Waals surface area contributed by atoms with Crippen molar-refractivity contribution in [3.8, 4) is 0 Å². The van der Waals surface area contributed by atoms with Crippen LogP contribution >= 0.6 is 11.6 Å². The average Bonchev–Trinajstić information content (AvgIpc) is 2.36. The van der Waals surface area contributed by atoms with Gasteiger partial charge in [0.25, 0.3) is 0 Å². The van der Waals surface area contributed by atoms with Gasteiger partial charge in [0, 0.05) is 11.1 Å². The van der Waals surface area contributed by atoms with E-state index < -0.39 is 0 Å². The first kappa shape index (κ1) is 15.5. The van der Waals surface area contributed by atoms with Crippen LogP contribution in [0.5, 0.6) is 0 Å². The highest BCUT2D eigenvalue weighted by atomic mass is 35.5. The van der Waals surface area contributed by atoms with Gasteiger partial charge in [0.15, 0.2) is 0 Å². The molecule has 18 heavy (non-hydrogen) atoms. The molecule has 0 radical (unpaired) electrons. The number of hydrogen-bond donors (Lipinski definition) is 1. The van der Waals surface area contributed by atoms with Crippen molar-refractivity contribution in [1.29, 1.82) is 0 Å². The van der Waals surface area contributed by atoms with Crippen molar-refractivity contribution >= 4 is 11.6 Å². The second-order valence-corrected chi connectivity index (χ2v) is 5.24.